The van der Waals surface area contributed by atoms with E-state index in [-0.39, 0.29) is 16.5 Å². The predicted octanol–water partition coefficient (Wildman–Crippen LogP) is 3.76. The molecule has 0 aliphatic carbocycles. The summed E-state index contributed by atoms with van der Waals surface area (Å²) in [7, 11) is 0. The number of pyridine rings is 1. The van der Waals surface area contributed by atoms with Gasteiger partial charge in [0, 0.05) is 23.8 Å². The van der Waals surface area contributed by atoms with Crippen LogP contribution in [0.15, 0.2) is 16.7 Å². The first-order chi connectivity index (χ1) is 8.39. The molecule has 1 aromatic heterocycles. The van der Waals surface area contributed by atoms with Crippen molar-refractivity contribution in [2.75, 3.05) is 13.1 Å². The number of amides is 1. The third-order valence-corrected chi connectivity index (χ3v) is 3.96. The molecule has 1 fully saturated rings. The van der Waals surface area contributed by atoms with Gasteiger partial charge in [-0.15, -0.1) is 0 Å². The summed E-state index contributed by atoms with van der Waals surface area (Å²) in [5, 5.41) is 0.270. The summed E-state index contributed by atoms with van der Waals surface area (Å²) in [6, 6.07) is 1.74. The molecular weight excluding hydrogens is 316 g/mol. The summed E-state index contributed by atoms with van der Waals surface area (Å²) in [6.45, 7) is 5.94. The second kappa shape index (κ2) is 5.17. The van der Waals surface area contributed by atoms with Crippen LogP contribution in [-0.2, 0) is 0 Å². The minimum Gasteiger partial charge on any atom is -0.338 e. The van der Waals surface area contributed by atoms with Crippen molar-refractivity contribution in [1.29, 1.82) is 0 Å². The zero-order valence-electron chi connectivity index (χ0n) is 10.5. The number of nitrogens with zero attached hydrogens (tertiary/aromatic N) is 2. The molecule has 0 spiro atoms. The Hall–Kier alpha value is -0.610. The van der Waals surface area contributed by atoms with E-state index in [0.29, 0.717) is 5.56 Å². The lowest BCUT2D eigenvalue weighted by Crippen LogP contribution is -2.43. The van der Waals surface area contributed by atoms with Crippen LogP contribution in [0.3, 0.4) is 0 Å². The van der Waals surface area contributed by atoms with Gasteiger partial charge in [0.2, 0.25) is 0 Å². The molecule has 1 aliphatic rings. The van der Waals surface area contributed by atoms with E-state index in [2.05, 4.69) is 34.8 Å². The largest absolute Gasteiger partial charge is 0.338 e. The fraction of sp³-hybridized carbons (Fsp3) is 0.538. The van der Waals surface area contributed by atoms with Crippen LogP contribution in [0.25, 0.3) is 0 Å². The summed E-state index contributed by atoms with van der Waals surface area (Å²) in [5.74, 6) is -0.0263. The minimum atomic E-state index is -0.0263. The molecule has 0 bridgehead atoms. The number of piperidine rings is 1. The molecule has 1 aromatic rings. The molecule has 0 aromatic carbocycles. The van der Waals surface area contributed by atoms with E-state index in [4.69, 9.17) is 11.6 Å². The molecule has 3 nitrogen and oxygen atoms in total. The zero-order valence-corrected chi connectivity index (χ0v) is 12.9. The first-order valence-electron chi connectivity index (χ1n) is 5.99. The summed E-state index contributed by atoms with van der Waals surface area (Å²) in [6.07, 6.45) is 3.79. The number of carbonyl (C=O) groups is 1. The van der Waals surface area contributed by atoms with E-state index >= 15 is 0 Å². The first kappa shape index (κ1) is 13.8. The van der Waals surface area contributed by atoms with Gasteiger partial charge in [0.25, 0.3) is 5.91 Å². The van der Waals surface area contributed by atoms with Gasteiger partial charge in [-0.2, -0.15) is 0 Å². The van der Waals surface area contributed by atoms with E-state index in [9.17, 15) is 4.79 Å². The van der Waals surface area contributed by atoms with Crippen molar-refractivity contribution in [2.24, 2.45) is 5.41 Å². The maximum absolute atomic E-state index is 12.4. The summed E-state index contributed by atoms with van der Waals surface area (Å²) in [4.78, 5) is 18.3. The Labute approximate surface area is 121 Å². The average molecular weight is 332 g/mol. The van der Waals surface area contributed by atoms with Crippen LogP contribution in [0.4, 0.5) is 0 Å². The van der Waals surface area contributed by atoms with Crippen LogP contribution < -0.4 is 0 Å². The highest BCUT2D eigenvalue weighted by Crippen LogP contribution is 2.30. The minimum absolute atomic E-state index is 0.0263. The molecule has 0 unspecified atom stereocenters. The summed E-state index contributed by atoms with van der Waals surface area (Å²) < 4.78 is 0.770. The van der Waals surface area contributed by atoms with Crippen molar-refractivity contribution in [3.8, 4) is 0 Å². The lowest BCUT2D eigenvalue weighted by molar-refractivity contribution is 0.0583. The second-order valence-electron chi connectivity index (χ2n) is 5.49. The Bertz CT molecular complexity index is 476. The molecule has 98 valence electrons. The van der Waals surface area contributed by atoms with Gasteiger partial charge in [0.1, 0.15) is 5.15 Å². The maximum atomic E-state index is 12.4. The lowest BCUT2D eigenvalue weighted by Gasteiger charge is -2.38. The highest BCUT2D eigenvalue weighted by Gasteiger charge is 2.30. The van der Waals surface area contributed by atoms with E-state index in [1.807, 2.05) is 4.90 Å². The molecule has 0 saturated carbocycles. The van der Waals surface area contributed by atoms with Crippen LogP contribution in [0.5, 0.6) is 0 Å². The monoisotopic (exact) mass is 330 g/mol. The second-order valence-corrected chi connectivity index (χ2v) is 6.76. The molecule has 0 N–H and O–H groups in total. The van der Waals surface area contributed by atoms with Crippen LogP contribution in [0.2, 0.25) is 5.15 Å². The summed E-state index contributed by atoms with van der Waals surface area (Å²) in [5.41, 5.74) is 0.656. The van der Waals surface area contributed by atoms with E-state index < -0.39 is 0 Å². The Morgan fingerprint density at radius 2 is 2.28 bits per heavy atom. The average Bonchev–Trinajstić information content (AvgIpc) is 2.30. The van der Waals surface area contributed by atoms with Gasteiger partial charge in [-0.3, -0.25) is 4.79 Å². The lowest BCUT2D eigenvalue weighted by atomic mass is 9.84. The van der Waals surface area contributed by atoms with Crippen molar-refractivity contribution in [3.63, 3.8) is 0 Å². The van der Waals surface area contributed by atoms with Gasteiger partial charge < -0.3 is 4.90 Å². The van der Waals surface area contributed by atoms with E-state index in [0.717, 1.165) is 30.4 Å². The van der Waals surface area contributed by atoms with Crippen LogP contribution in [-0.4, -0.2) is 28.9 Å². The van der Waals surface area contributed by atoms with Crippen molar-refractivity contribution in [3.05, 3.63) is 27.5 Å². The van der Waals surface area contributed by atoms with Crippen molar-refractivity contribution in [1.82, 2.24) is 9.88 Å². The molecule has 1 saturated heterocycles. The molecule has 2 rings (SSSR count). The number of hydrogen-bond donors (Lipinski definition) is 0. The number of hydrogen-bond acceptors (Lipinski definition) is 2. The van der Waals surface area contributed by atoms with Gasteiger partial charge in [0.15, 0.2) is 0 Å². The van der Waals surface area contributed by atoms with Gasteiger partial charge in [-0.1, -0.05) is 25.4 Å². The number of carbonyl (C=O) groups excluding carboxylic acids is 1. The maximum Gasteiger partial charge on any atom is 0.257 e. The molecule has 0 atom stereocenters. The third kappa shape index (κ3) is 3.04. The van der Waals surface area contributed by atoms with Gasteiger partial charge in [-0.25, -0.2) is 4.98 Å². The number of rotatable bonds is 1. The predicted molar refractivity (Wildman–Crippen MR) is 75.9 cm³/mol. The normalized spacial score (nSPS) is 18.8. The van der Waals surface area contributed by atoms with Crippen LogP contribution >= 0.6 is 27.5 Å². The summed E-state index contributed by atoms with van der Waals surface area (Å²) >= 11 is 9.32. The smallest absolute Gasteiger partial charge is 0.257 e. The van der Waals surface area contributed by atoms with Crippen molar-refractivity contribution >= 4 is 33.4 Å². The highest BCUT2D eigenvalue weighted by atomic mass is 79.9. The zero-order chi connectivity index (χ0) is 13.3. The molecule has 5 heteroatoms. The standard InChI is InChI=1S/C13H16BrClN2O/c1-13(2)4-3-5-17(8-13)12(18)10-6-9(14)7-16-11(10)15/h6-7H,3-5,8H2,1-2H3. The Morgan fingerprint density at radius 3 is 2.94 bits per heavy atom. The third-order valence-electron chi connectivity index (χ3n) is 3.22. The molecule has 0 radical (unpaired) electrons. The topological polar surface area (TPSA) is 33.2 Å². The van der Waals surface area contributed by atoms with Gasteiger partial charge in [-0.05, 0) is 40.3 Å². The Morgan fingerprint density at radius 1 is 1.56 bits per heavy atom. The molecule has 2 heterocycles. The molecule has 1 amide bonds. The number of halogens is 2. The first-order valence-corrected chi connectivity index (χ1v) is 7.16. The number of aromatic nitrogens is 1. The molecular formula is C13H16BrClN2O. The van der Waals surface area contributed by atoms with Crippen molar-refractivity contribution in [2.45, 2.75) is 26.7 Å². The Balaban J connectivity index is 2.23. The quantitative estimate of drug-likeness (QED) is 0.734. The highest BCUT2D eigenvalue weighted by molar-refractivity contribution is 9.10. The van der Waals surface area contributed by atoms with E-state index in [1.165, 1.54) is 0 Å². The fourth-order valence-corrected chi connectivity index (χ4v) is 2.85. The molecule has 18 heavy (non-hydrogen) atoms. The molecule has 1 aliphatic heterocycles. The van der Waals surface area contributed by atoms with E-state index in [1.54, 1.807) is 12.3 Å². The van der Waals surface area contributed by atoms with Crippen LogP contribution in [0, 0.1) is 5.41 Å². The SMILES string of the molecule is CC1(C)CCCN(C(=O)c2cc(Br)cnc2Cl)C1. The van der Waals surface area contributed by atoms with Crippen LogP contribution in [0.1, 0.15) is 37.0 Å². The van der Waals surface area contributed by atoms with Crippen molar-refractivity contribution < 1.29 is 4.79 Å². The Kier molecular flexibility index (Phi) is 3.97. The van der Waals surface area contributed by atoms with Gasteiger partial charge in [0.05, 0.1) is 5.56 Å². The fourth-order valence-electron chi connectivity index (χ4n) is 2.34. The number of likely N-dealkylation sites (tertiary alicyclic amines) is 1. The van der Waals surface area contributed by atoms with Gasteiger partial charge >= 0.3 is 0 Å².